The topological polar surface area (TPSA) is 71.7 Å². The van der Waals surface area contributed by atoms with Gasteiger partial charge in [-0.1, -0.05) is 0 Å². The van der Waals surface area contributed by atoms with Gasteiger partial charge in [-0.2, -0.15) is 5.06 Å². The van der Waals surface area contributed by atoms with Gasteiger partial charge in [0.05, 0.1) is 17.4 Å². The Morgan fingerprint density at radius 1 is 1.33 bits per heavy atom. The van der Waals surface area contributed by atoms with Crippen molar-refractivity contribution in [3.05, 3.63) is 18.5 Å². The van der Waals surface area contributed by atoms with E-state index in [1.54, 1.807) is 28.4 Å². The average molecular weight is 292 g/mol. The van der Waals surface area contributed by atoms with Gasteiger partial charge < -0.3 is 15.5 Å². The van der Waals surface area contributed by atoms with Gasteiger partial charge in [-0.05, 0) is 46.1 Å². The molecule has 2 rings (SSSR count). The van der Waals surface area contributed by atoms with Crippen LogP contribution in [0, 0.1) is 0 Å². The van der Waals surface area contributed by atoms with Crippen LogP contribution in [0.1, 0.15) is 40.0 Å². The number of likely N-dealkylation sites (tertiary alicyclic amines) is 1. The molecule has 0 aliphatic carbocycles. The zero-order valence-electron chi connectivity index (χ0n) is 13.0. The molecule has 6 nitrogen and oxygen atoms in total. The van der Waals surface area contributed by atoms with Crippen LogP contribution in [0.5, 0.6) is 0 Å². The van der Waals surface area contributed by atoms with Gasteiger partial charge in [0.1, 0.15) is 5.69 Å². The smallest absolute Gasteiger partial charge is 0.396 e. The maximum absolute atomic E-state index is 12.3. The molecule has 21 heavy (non-hydrogen) atoms. The molecule has 0 radical (unpaired) electrons. The molecule has 2 N–H and O–H groups in total. The third-order valence-corrected chi connectivity index (χ3v) is 3.44. The van der Waals surface area contributed by atoms with Crippen molar-refractivity contribution < 1.29 is 9.63 Å². The molecule has 2 heterocycles. The number of nitrogen functional groups attached to an aromatic ring is 1. The minimum Gasteiger partial charge on any atom is -0.396 e. The van der Waals surface area contributed by atoms with Crippen molar-refractivity contribution >= 4 is 17.5 Å². The van der Waals surface area contributed by atoms with Crippen LogP contribution in [0.15, 0.2) is 18.5 Å². The van der Waals surface area contributed by atoms with E-state index in [4.69, 9.17) is 10.6 Å². The molecular weight excluding hydrogens is 268 g/mol. The van der Waals surface area contributed by atoms with Gasteiger partial charge in [-0.15, -0.1) is 0 Å². The summed E-state index contributed by atoms with van der Waals surface area (Å²) in [5.41, 5.74) is 6.70. The summed E-state index contributed by atoms with van der Waals surface area (Å²) in [6.07, 6.45) is 6.11. The van der Waals surface area contributed by atoms with Gasteiger partial charge in [0.15, 0.2) is 0 Å². The summed E-state index contributed by atoms with van der Waals surface area (Å²) in [7, 11) is 0. The van der Waals surface area contributed by atoms with E-state index in [0.717, 1.165) is 25.9 Å². The van der Waals surface area contributed by atoms with E-state index < -0.39 is 5.54 Å². The molecule has 116 valence electrons. The SMILES string of the molecule is CC(C)(C)N(OC(=O)N1CCCCC1)c1ccncc1N. The molecule has 1 saturated heterocycles. The first-order valence-corrected chi connectivity index (χ1v) is 7.36. The average Bonchev–Trinajstić information content (AvgIpc) is 2.45. The van der Waals surface area contributed by atoms with Crippen LogP contribution < -0.4 is 10.8 Å². The second kappa shape index (κ2) is 6.20. The molecule has 1 aliphatic heterocycles. The van der Waals surface area contributed by atoms with E-state index in [1.807, 2.05) is 20.8 Å². The second-order valence-corrected chi connectivity index (χ2v) is 6.30. The van der Waals surface area contributed by atoms with Crippen LogP contribution in [0.4, 0.5) is 16.2 Å². The van der Waals surface area contributed by atoms with Crippen LogP contribution in [-0.2, 0) is 4.84 Å². The molecule has 0 unspecified atom stereocenters. The zero-order chi connectivity index (χ0) is 15.5. The molecule has 1 aromatic rings. The predicted molar refractivity (Wildman–Crippen MR) is 82.8 cm³/mol. The quantitative estimate of drug-likeness (QED) is 0.849. The Bertz CT molecular complexity index is 493. The summed E-state index contributed by atoms with van der Waals surface area (Å²) < 4.78 is 0. The highest BCUT2D eigenvalue weighted by Gasteiger charge is 2.30. The largest absolute Gasteiger partial charge is 0.434 e. The molecule has 0 atom stereocenters. The molecule has 1 amide bonds. The third kappa shape index (κ3) is 3.77. The summed E-state index contributed by atoms with van der Waals surface area (Å²) in [4.78, 5) is 23.7. The van der Waals surface area contributed by atoms with Crippen LogP contribution in [0.3, 0.4) is 0 Å². The van der Waals surface area contributed by atoms with E-state index in [0.29, 0.717) is 11.4 Å². The monoisotopic (exact) mass is 292 g/mol. The number of aromatic nitrogens is 1. The molecule has 0 saturated carbocycles. The number of pyridine rings is 1. The maximum Gasteiger partial charge on any atom is 0.434 e. The Balaban J connectivity index is 2.18. The number of hydrogen-bond donors (Lipinski definition) is 1. The Hall–Kier alpha value is -1.98. The first kappa shape index (κ1) is 15.4. The summed E-state index contributed by atoms with van der Waals surface area (Å²) in [5.74, 6) is 0. The highest BCUT2D eigenvalue weighted by molar-refractivity contribution is 5.72. The van der Waals surface area contributed by atoms with Gasteiger partial charge in [-0.25, -0.2) is 4.79 Å². The van der Waals surface area contributed by atoms with E-state index >= 15 is 0 Å². The predicted octanol–water partition coefficient (Wildman–Crippen LogP) is 2.81. The van der Waals surface area contributed by atoms with E-state index in [1.165, 1.54) is 6.42 Å². The standard InChI is InChI=1S/C15H24N4O2/c1-15(2,3)19(13-7-8-17-11-12(13)16)21-14(20)18-9-5-4-6-10-18/h7-8,11H,4-6,9-10,16H2,1-3H3. The van der Waals surface area contributed by atoms with Gasteiger partial charge in [0.25, 0.3) is 0 Å². The molecule has 0 aromatic carbocycles. The number of amides is 1. The van der Waals surface area contributed by atoms with Gasteiger partial charge >= 0.3 is 6.09 Å². The molecule has 6 heteroatoms. The lowest BCUT2D eigenvalue weighted by atomic mass is 10.1. The second-order valence-electron chi connectivity index (χ2n) is 6.30. The van der Waals surface area contributed by atoms with Gasteiger partial charge in [0, 0.05) is 19.3 Å². The number of hydrogen-bond acceptors (Lipinski definition) is 5. The normalized spacial score (nSPS) is 15.7. The van der Waals surface area contributed by atoms with Crippen LogP contribution in [-0.4, -0.2) is 34.6 Å². The number of piperidine rings is 1. The molecule has 1 fully saturated rings. The van der Waals surface area contributed by atoms with Crippen LogP contribution in [0.25, 0.3) is 0 Å². The van der Waals surface area contributed by atoms with Crippen molar-refractivity contribution in [1.29, 1.82) is 0 Å². The molecular formula is C15H24N4O2. The first-order valence-electron chi connectivity index (χ1n) is 7.36. The first-order chi connectivity index (χ1) is 9.89. The van der Waals surface area contributed by atoms with Crippen molar-refractivity contribution in [3.8, 4) is 0 Å². The summed E-state index contributed by atoms with van der Waals surface area (Å²) in [6.45, 7) is 7.41. The number of nitrogens with zero attached hydrogens (tertiary/aromatic N) is 3. The Kier molecular flexibility index (Phi) is 4.55. The molecule has 0 bridgehead atoms. The lowest BCUT2D eigenvalue weighted by molar-refractivity contribution is 0.0645. The summed E-state index contributed by atoms with van der Waals surface area (Å²) in [5, 5.41) is 1.57. The minimum absolute atomic E-state index is 0.319. The highest BCUT2D eigenvalue weighted by Crippen LogP contribution is 2.29. The van der Waals surface area contributed by atoms with Crippen molar-refractivity contribution in [2.75, 3.05) is 23.9 Å². The lowest BCUT2D eigenvalue weighted by Gasteiger charge is -2.37. The minimum atomic E-state index is -0.402. The van der Waals surface area contributed by atoms with E-state index in [9.17, 15) is 4.79 Å². The fourth-order valence-electron chi connectivity index (χ4n) is 2.34. The fourth-order valence-corrected chi connectivity index (χ4v) is 2.34. The van der Waals surface area contributed by atoms with Crippen molar-refractivity contribution in [1.82, 2.24) is 9.88 Å². The van der Waals surface area contributed by atoms with Crippen molar-refractivity contribution in [3.63, 3.8) is 0 Å². The lowest BCUT2D eigenvalue weighted by Crippen LogP contribution is -2.47. The van der Waals surface area contributed by atoms with Crippen molar-refractivity contribution in [2.24, 2.45) is 0 Å². The fraction of sp³-hybridized carbons (Fsp3) is 0.600. The van der Waals surface area contributed by atoms with Crippen LogP contribution in [0.2, 0.25) is 0 Å². The Morgan fingerprint density at radius 3 is 2.57 bits per heavy atom. The number of rotatable bonds is 2. The zero-order valence-corrected chi connectivity index (χ0v) is 13.0. The van der Waals surface area contributed by atoms with Crippen molar-refractivity contribution in [2.45, 2.75) is 45.6 Å². The molecule has 1 aliphatic rings. The molecule has 1 aromatic heterocycles. The summed E-state index contributed by atoms with van der Waals surface area (Å²) in [6, 6.07) is 1.75. The number of nitrogens with two attached hydrogens (primary N) is 1. The van der Waals surface area contributed by atoms with E-state index in [-0.39, 0.29) is 6.09 Å². The third-order valence-electron chi connectivity index (χ3n) is 3.44. The number of hydroxylamine groups is 1. The number of carbonyl (C=O) groups excluding carboxylic acids is 1. The Morgan fingerprint density at radius 2 is 2.00 bits per heavy atom. The Labute approximate surface area is 125 Å². The number of anilines is 2. The van der Waals surface area contributed by atoms with E-state index in [2.05, 4.69) is 4.98 Å². The summed E-state index contributed by atoms with van der Waals surface area (Å²) >= 11 is 0. The highest BCUT2D eigenvalue weighted by atomic mass is 16.7. The number of carbonyl (C=O) groups is 1. The van der Waals surface area contributed by atoms with Crippen LogP contribution >= 0.6 is 0 Å². The molecule has 0 spiro atoms. The maximum atomic E-state index is 12.3. The van der Waals surface area contributed by atoms with Gasteiger partial charge in [0.2, 0.25) is 0 Å². The van der Waals surface area contributed by atoms with Gasteiger partial charge in [-0.3, -0.25) is 4.98 Å².